The fourth-order valence-corrected chi connectivity index (χ4v) is 1.48. The molecule has 18 heavy (non-hydrogen) atoms. The average molecular weight is 276 g/mol. The van der Waals surface area contributed by atoms with E-state index in [1.807, 2.05) is 0 Å². The second kappa shape index (κ2) is 6.96. The second-order valence-electron chi connectivity index (χ2n) is 3.28. The van der Waals surface area contributed by atoms with Crippen molar-refractivity contribution in [1.29, 1.82) is 0 Å². The minimum absolute atomic E-state index is 0.00780. The molecule has 6 heteroatoms. The summed E-state index contributed by atoms with van der Waals surface area (Å²) in [6.45, 7) is 2.15. The van der Waals surface area contributed by atoms with Gasteiger partial charge in [-0.3, -0.25) is 0 Å². The first kappa shape index (κ1) is 14.4. The Morgan fingerprint density at radius 2 is 2.22 bits per heavy atom. The Morgan fingerprint density at radius 1 is 1.50 bits per heavy atom. The van der Waals surface area contributed by atoms with E-state index in [0.717, 1.165) is 12.1 Å². The largest absolute Gasteiger partial charge is 0.463 e. The molecule has 0 spiro atoms. The van der Waals surface area contributed by atoms with E-state index >= 15 is 0 Å². The summed E-state index contributed by atoms with van der Waals surface area (Å²) >= 11 is 5.67. The van der Waals surface area contributed by atoms with Crippen molar-refractivity contribution >= 4 is 23.3 Å². The molecule has 0 amide bonds. The van der Waals surface area contributed by atoms with Crippen molar-refractivity contribution in [3.8, 4) is 0 Å². The molecule has 1 rings (SSSR count). The topological polar surface area (TPSA) is 38.3 Å². The van der Waals surface area contributed by atoms with Gasteiger partial charge in [-0.15, -0.1) is 0 Å². The number of benzene rings is 1. The van der Waals surface area contributed by atoms with Crippen molar-refractivity contribution in [2.45, 2.75) is 6.92 Å². The van der Waals surface area contributed by atoms with Gasteiger partial charge in [-0.1, -0.05) is 17.7 Å². The molecule has 1 N–H and O–H groups in total. The summed E-state index contributed by atoms with van der Waals surface area (Å²) in [6, 6.07) is 1.73. The van der Waals surface area contributed by atoms with Gasteiger partial charge < -0.3 is 10.1 Å². The smallest absolute Gasteiger partial charge is 0.330 e. The van der Waals surface area contributed by atoms with Crippen LogP contribution in [0.4, 0.5) is 14.5 Å². The zero-order valence-electron chi connectivity index (χ0n) is 9.67. The van der Waals surface area contributed by atoms with Crippen LogP contribution in [0, 0.1) is 11.6 Å². The van der Waals surface area contributed by atoms with E-state index < -0.39 is 17.6 Å². The Labute approximate surface area is 108 Å². The third kappa shape index (κ3) is 4.33. The number of nitrogens with one attached hydrogen (secondary N) is 1. The maximum Gasteiger partial charge on any atom is 0.330 e. The average Bonchev–Trinajstić information content (AvgIpc) is 2.27. The third-order valence-corrected chi connectivity index (χ3v) is 2.24. The molecule has 0 aliphatic carbocycles. The summed E-state index contributed by atoms with van der Waals surface area (Å²) in [4.78, 5) is 10.9. The monoisotopic (exact) mass is 275 g/mol. The highest BCUT2D eigenvalue weighted by Gasteiger charge is 2.08. The molecule has 0 fully saturated rings. The molecule has 0 bridgehead atoms. The quantitative estimate of drug-likeness (QED) is 0.663. The Hall–Kier alpha value is -1.62. The summed E-state index contributed by atoms with van der Waals surface area (Å²) in [7, 11) is 0. The summed E-state index contributed by atoms with van der Waals surface area (Å²) < 4.78 is 30.7. The maximum atomic E-state index is 13.3. The van der Waals surface area contributed by atoms with Gasteiger partial charge in [0.15, 0.2) is 5.82 Å². The Balaban J connectivity index is 2.57. The first-order valence-corrected chi connectivity index (χ1v) is 5.64. The van der Waals surface area contributed by atoms with E-state index in [-0.39, 0.29) is 23.9 Å². The van der Waals surface area contributed by atoms with Crippen molar-refractivity contribution < 1.29 is 18.3 Å². The lowest BCUT2D eigenvalue weighted by molar-refractivity contribution is -0.137. The predicted molar refractivity (Wildman–Crippen MR) is 65.6 cm³/mol. The Kier molecular flexibility index (Phi) is 5.58. The highest BCUT2D eigenvalue weighted by molar-refractivity contribution is 6.33. The van der Waals surface area contributed by atoms with Gasteiger partial charge in [-0.2, -0.15) is 0 Å². The summed E-state index contributed by atoms with van der Waals surface area (Å²) in [5, 5.41) is 2.58. The molecule has 98 valence electrons. The number of anilines is 1. The molecule has 1 aromatic carbocycles. The number of carbonyl (C=O) groups is 1. The summed E-state index contributed by atoms with van der Waals surface area (Å²) in [5.41, 5.74) is -0.00780. The van der Waals surface area contributed by atoms with E-state index in [9.17, 15) is 13.6 Å². The number of carbonyl (C=O) groups excluding carboxylic acids is 1. The third-order valence-electron chi connectivity index (χ3n) is 1.94. The number of hydrogen-bond donors (Lipinski definition) is 1. The van der Waals surface area contributed by atoms with Gasteiger partial charge in [0.1, 0.15) is 5.82 Å². The SMILES string of the molecule is CCOC(=O)/C=C/CNc1c(F)cc(F)cc1Cl. The molecule has 0 unspecified atom stereocenters. The van der Waals surface area contributed by atoms with Crippen LogP contribution in [0.2, 0.25) is 5.02 Å². The normalized spacial score (nSPS) is 10.7. The number of ether oxygens (including phenoxy) is 1. The summed E-state index contributed by atoms with van der Waals surface area (Å²) in [5.74, 6) is -2.01. The molecule has 0 radical (unpaired) electrons. The van der Waals surface area contributed by atoms with Crippen molar-refractivity contribution in [1.82, 2.24) is 0 Å². The predicted octanol–water partition coefficient (Wildman–Crippen LogP) is 3.15. The highest BCUT2D eigenvalue weighted by Crippen LogP contribution is 2.25. The van der Waals surface area contributed by atoms with Crippen LogP contribution in [-0.4, -0.2) is 19.1 Å². The van der Waals surface area contributed by atoms with Crippen molar-refractivity contribution in [3.05, 3.63) is 40.9 Å². The second-order valence-corrected chi connectivity index (χ2v) is 3.69. The Morgan fingerprint density at radius 3 is 2.83 bits per heavy atom. The lowest BCUT2D eigenvalue weighted by Crippen LogP contribution is -2.04. The fourth-order valence-electron chi connectivity index (χ4n) is 1.22. The van der Waals surface area contributed by atoms with Crippen LogP contribution in [0.1, 0.15) is 6.92 Å². The molecule has 3 nitrogen and oxygen atoms in total. The summed E-state index contributed by atoms with van der Waals surface area (Å²) in [6.07, 6.45) is 2.67. The van der Waals surface area contributed by atoms with E-state index in [2.05, 4.69) is 10.1 Å². The van der Waals surface area contributed by atoms with Crippen LogP contribution < -0.4 is 5.32 Å². The molecule has 0 aromatic heterocycles. The van der Waals surface area contributed by atoms with Crippen LogP contribution in [0.15, 0.2) is 24.3 Å². The lowest BCUT2D eigenvalue weighted by Gasteiger charge is -2.07. The molecule has 0 saturated carbocycles. The van der Waals surface area contributed by atoms with Crippen molar-refractivity contribution in [2.75, 3.05) is 18.5 Å². The molecule has 1 aromatic rings. The highest BCUT2D eigenvalue weighted by atomic mass is 35.5. The van der Waals surface area contributed by atoms with Crippen LogP contribution >= 0.6 is 11.6 Å². The minimum atomic E-state index is -0.787. The van der Waals surface area contributed by atoms with Crippen molar-refractivity contribution in [3.63, 3.8) is 0 Å². The zero-order chi connectivity index (χ0) is 13.5. The van der Waals surface area contributed by atoms with E-state index in [0.29, 0.717) is 0 Å². The van der Waals surface area contributed by atoms with Gasteiger partial charge in [0.25, 0.3) is 0 Å². The van der Waals surface area contributed by atoms with E-state index in [1.165, 1.54) is 12.2 Å². The molecular formula is C12H12ClF2NO2. The van der Waals surface area contributed by atoms with Crippen LogP contribution in [-0.2, 0) is 9.53 Å². The van der Waals surface area contributed by atoms with Gasteiger partial charge in [0, 0.05) is 18.7 Å². The van der Waals surface area contributed by atoms with Crippen LogP contribution in [0.3, 0.4) is 0 Å². The van der Waals surface area contributed by atoms with Gasteiger partial charge in [-0.05, 0) is 13.0 Å². The van der Waals surface area contributed by atoms with Gasteiger partial charge >= 0.3 is 5.97 Å². The van der Waals surface area contributed by atoms with Gasteiger partial charge in [0.2, 0.25) is 0 Å². The lowest BCUT2D eigenvalue weighted by atomic mass is 10.3. The maximum absolute atomic E-state index is 13.3. The number of halogens is 3. The first-order valence-electron chi connectivity index (χ1n) is 5.26. The molecular weight excluding hydrogens is 264 g/mol. The first-order chi connectivity index (χ1) is 8.54. The molecule has 0 aliphatic heterocycles. The van der Waals surface area contributed by atoms with Gasteiger partial charge in [-0.25, -0.2) is 13.6 Å². The Bertz CT molecular complexity index is 440. The van der Waals surface area contributed by atoms with Crippen molar-refractivity contribution in [2.24, 2.45) is 0 Å². The standard InChI is InChI=1S/C12H12ClF2NO2/c1-2-18-11(17)4-3-5-16-12-9(13)6-8(14)7-10(12)15/h3-4,6-7,16H,2,5H2,1H3/b4-3+. The number of hydrogen-bond acceptors (Lipinski definition) is 3. The molecule has 0 aliphatic rings. The zero-order valence-corrected chi connectivity index (χ0v) is 10.4. The molecule has 0 saturated heterocycles. The fraction of sp³-hybridized carbons (Fsp3) is 0.250. The van der Waals surface area contributed by atoms with Gasteiger partial charge in [0.05, 0.1) is 17.3 Å². The van der Waals surface area contributed by atoms with Crippen LogP contribution in [0.5, 0.6) is 0 Å². The molecule has 0 atom stereocenters. The number of esters is 1. The van der Waals surface area contributed by atoms with E-state index in [1.54, 1.807) is 6.92 Å². The minimum Gasteiger partial charge on any atom is -0.463 e. The van der Waals surface area contributed by atoms with Crippen LogP contribution in [0.25, 0.3) is 0 Å². The number of rotatable bonds is 5. The van der Waals surface area contributed by atoms with E-state index in [4.69, 9.17) is 11.6 Å². The molecule has 0 heterocycles.